The number of benzene rings is 2. The fourth-order valence-corrected chi connectivity index (χ4v) is 4.01. The van der Waals surface area contributed by atoms with E-state index in [-0.39, 0.29) is 34.9 Å². The third-order valence-electron chi connectivity index (χ3n) is 4.38. The molecule has 1 saturated heterocycles. The number of carbonyl (C=O) groups is 1. The maximum atomic E-state index is 12.6. The van der Waals surface area contributed by atoms with Crippen LogP contribution in [0.1, 0.15) is 28.8 Å². The van der Waals surface area contributed by atoms with Crippen molar-refractivity contribution in [2.24, 2.45) is 0 Å². The Labute approximate surface area is 166 Å². The number of amides is 1. The summed E-state index contributed by atoms with van der Waals surface area (Å²) >= 11 is 0. The topological polar surface area (TPSA) is 87.3 Å². The van der Waals surface area contributed by atoms with Crippen molar-refractivity contribution >= 4 is 34.0 Å². The van der Waals surface area contributed by atoms with Gasteiger partial charge in [0.1, 0.15) is 0 Å². The third-order valence-corrected chi connectivity index (χ3v) is 5.76. The Morgan fingerprint density at radius 1 is 1.11 bits per heavy atom. The van der Waals surface area contributed by atoms with Crippen molar-refractivity contribution in [1.29, 1.82) is 0 Å². The first-order chi connectivity index (χ1) is 12.5. The second-order valence-electron chi connectivity index (χ2n) is 6.48. The number of carbonyl (C=O) groups excluding carboxylic acids is 1. The second kappa shape index (κ2) is 9.21. The number of hydrogen-bond acceptors (Lipinski definition) is 4. The smallest absolute Gasteiger partial charge is 0.261 e. The van der Waals surface area contributed by atoms with Gasteiger partial charge in [-0.1, -0.05) is 29.8 Å². The lowest BCUT2D eigenvalue weighted by Gasteiger charge is -2.24. The summed E-state index contributed by atoms with van der Waals surface area (Å²) in [5, 5.41) is 6.22. The summed E-state index contributed by atoms with van der Waals surface area (Å²) in [6, 6.07) is 13.3. The average Bonchev–Trinajstić information content (AvgIpc) is 2.63. The van der Waals surface area contributed by atoms with Gasteiger partial charge in [0.2, 0.25) is 0 Å². The van der Waals surface area contributed by atoms with Gasteiger partial charge >= 0.3 is 0 Å². The van der Waals surface area contributed by atoms with Crippen LogP contribution in [0.15, 0.2) is 53.4 Å². The molecule has 1 aliphatic rings. The van der Waals surface area contributed by atoms with E-state index in [1.807, 2.05) is 6.92 Å². The first kappa shape index (κ1) is 21.2. The standard InChI is InChI=1S/C19H23N3O3S.ClH/c1-14-8-10-16(11-9-14)26(24,25)22-18-7-3-2-6-17(18)19(23)21-15-5-4-12-20-13-15;/h2-3,6-11,15,20,22H,4-5,12-13H2,1H3,(H,21,23);1H. The lowest BCUT2D eigenvalue weighted by atomic mass is 10.1. The van der Waals surface area contributed by atoms with E-state index in [1.165, 1.54) is 0 Å². The van der Waals surface area contributed by atoms with Gasteiger partial charge in [-0.05, 0) is 50.6 Å². The van der Waals surface area contributed by atoms with Gasteiger partial charge in [-0.25, -0.2) is 8.42 Å². The van der Waals surface area contributed by atoms with Crippen molar-refractivity contribution in [3.8, 4) is 0 Å². The summed E-state index contributed by atoms with van der Waals surface area (Å²) in [5.41, 5.74) is 1.56. The van der Waals surface area contributed by atoms with E-state index in [4.69, 9.17) is 0 Å². The number of hydrogen-bond donors (Lipinski definition) is 3. The van der Waals surface area contributed by atoms with E-state index in [9.17, 15) is 13.2 Å². The van der Waals surface area contributed by atoms with Gasteiger partial charge in [-0.15, -0.1) is 12.4 Å². The zero-order valence-electron chi connectivity index (χ0n) is 15.1. The molecule has 3 rings (SSSR count). The molecule has 0 spiro atoms. The molecule has 8 heteroatoms. The highest BCUT2D eigenvalue weighted by molar-refractivity contribution is 7.92. The number of anilines is 1. The van der Waals surface area contributed by atoms with E-state index >= 15 is 0 Å². The van der Waals surface area contributed by atoms with Crippen LogP contribution in [0.5, 0.6) is 0 Å². The molecule has 3 N–H and O–H groups in total. The van der Waals surface area contributed by atoms with Crippen LogP contribution in [0, 0.1) is 6.92 Å². The molecule has 1 fully saturated rings. The number of rotatable bonds is 5. The Bertz CT molecular complexity index is 879. The van der Waals surface area contributed by atoms with Gasteiger partial charge in [-0.2, -0.15) is 0 Å². The molecule has 0 radical (unpaired) electrons. The molecule has 0 aromatic heterocycles. The Morgan fingerprint density at radius 2 is 1.81 bits per heavy atom. The molecule has 6 nitrogen and oxygen atoms in total. The predicted octanol–water partition coefficient (Wildman–Crippen LogP) is 2.70. The minimum absolute atomic E-state index is 0. The summed E-state index contributed by atoms with van der Waals surface area (Å²) in [5.74, 6) is -0.277. The van der Waals surface area contributed by atoms with Crippen LogP contribution in [-0.4, -0.2) is 33.5 Å². The fourth-order valence-electron chi connectivity index (χ4n) is 2.93. The van der Waals surface area contributed by atoms with Crippen molar-refractivity contribution in [2.75, 3.05) is 17.8 Å². The van der Waals surface area contributed by atoms with Gasteiger partial charge in [-0.3, -0.25) is 9.52 Å². The van der Waals surface area contributed by atoms with Crippen LogP contribution in [0.4, 0.5) is 5.69 Å². The average molecular weight is 410 g/mol. The fraction of sp³-hybridized carbons (Fsp3) is 0.316. The van der Waals surface area contributed by atoms with Crippen molar-refractivity contribution in [3.63, 3.8) is 0 Å². The highest BCUT2D eigenvalue weighted by Crippen LogP contribution is 2.21. The normalized spacial score (nSPS) is 16.9. The van der Waals surface area contributed by atoms with E-state index in [0.717, 1.165) is 31.5 Å². The number of piperidine rings is 1. The van der Waals surface area contributed by atoms with Gasteiger partial charge < -0.3 is 10.6 Å². The zero-order chi connectivity index (χ0) is 18.6. The van der Waals surface area contributed by atoms with Crippen molar-refractivity contribution in [3.05, 3.63) is 59.7 Å². The van der Waals surface area contributed by atoms with E-state index < -0.39 is 10.0 Å². The summed E-state index contributed by atoms with van der Waals surface area (Å²) in [7, 11) is -3.76. The first-order valence-electron chi connectivity index (χ1n) is 8.66. The molecule has 0 saturated carbocycles. The molecule has 27 heavy (non-hydrogen) atoms. The van der Waals surface area contributed by atoms with Crippen LogP contribution in [0.2, 0.25) is 0 Å². The molecule has 1 unspecified atom stereocenters. The first-order valence-corrected chi connectivity index (χ1v) is 10.1. The number of halogens is 1. The van der Waals surface area contributed by atoms with Gasteiger partial charge in [0.25, 0.3) is 15.9 Å². The molecule has 2 aromatic carbocycles. The lowest BCUT2D eigenvalue weighted by Crippen LogP contribution is -2.45. The summed E-state index contributed by atoms with van der Waals surface area (Å²) < 4.78 is 27.8. The Kier molecular flexibility index (Phi) is 7.24. The Balaban J connectivity index is 0.00000261. The summed E-state index contributed by atoms with van der Waals surface area (Å²) in [4.78, 5) is 12.8. The van der Waals surface area contributed by atoms with Crippen LogP contribution < -0.4 is 15.4 Å². The number of nitrogens with one attached hydrogen (secondary N) is 3. The minimum Gasteiger partial charge on any atom is -0.348 e. The monoisotopic (exact) mass is 409 g/mol. The number of aryl methyl sites for hydroxylation is 1. The Morgan fingerprint density at radius 3 is 2.48 bits per heavy atom. The maximum Gasteiger partial charge on any atom is 0.261 e. The molecule has 0 bridgehead atoms. The van der Waals surface area contributed by atoms with E-state index in [1.54, 1.807) is 48.5 Å². The molecule has 2 aromatic rings. The molecule has 146 valence electrons. The van der Waals surface area contributed by atoms with Crippen LogP contribution in [-0.2, 0) is 10.0 Å². The van der Waals surface area contributed by atoms with Crippen LogP contribution in [0.25, 0.3) is 0 Å². The van der Waals surface area contributed by atoms with Crippen molar-refractivity contribution in [1.82, 2.24) is 10.6 Å². The van der Waals surface area contributed by atoms with Crippen LogP contribution >= 0.6 is 12.4 Å². The number of para-hydroxylation sites is 1. The molecular formula is C19H24ClN3O3S. The highest BCUT2D eigenvalue weighted by Gasteiger charge is 2.21. The molecule has 0 aliphatic carbocycles. The zero-order valence-corrected chi connectivity index (χ0v) is 16.7. The second-order valence-corrected chi connectivity index (χ2v) is 8.16. The largest absolute Gasteiger partial charge is 0.348 e. The van der Waals surface area contributed by atoms with Crippen LogP contribution in [0.3, 0.4) is 0 Å². The molecule has 1 aliphatic heterocycles. The van der Waals surface area contributed by atoms with Gasteiger partial charge in [0, 0.05) is 12.6 Å². The van der Waals surface area contributed by atoms with Crippen molar-refractivity contribution in [2.45, 2.75) is 30.7 Å². The molecular weight excluding hydrogens is 386 g/mol. The Hall–Kier alpha value is -2.09. The predicted molar refractivity (Wildman–Crippen MR) is 109 cm³/mol. The maximum absolute atomic E-state index is 12.6. The van der Waals surface area contributed by atoms with Gasteiger partial charge in [0.05, 0.1) is 16.1 Å². The minimum atomic E-state index is -3.76. The third kappa shape index (κ3) is 5.45. The van der Waals surface area contributed by atoms with Gasteiger partial charge in [0.15, 0.2) is 0 Å². The van der Waals surface area contributed by atoms with Crippen molar-refractivity contribution < 1.29 is 13.2 Å². The molecule has 1 heterocycles. The summed E-state index contributed by atoms with van der Waals surface area (Å²) in [6.07, 6.45) is 1.92. The molecule has 1 amide bonds. The SMILES string of the molecule is Cc1ccc(S(=O)(=O)Nc2ccccc2C(=O)NC2CCCNC2)cc1.Cl. The number of sulfonamides is 1. The lowest BCUT2D eigenvalue weighted by molar-refractivity contribution is 0.0931. The quantitative estimate of drug-likeness (QED) is 0.708. The summed E-state index contributed by atoms with van der Waals surface area (Å²) in [6.45, 7) is 3.58. The van der Waals surface area contributed by atoms with E-state index in [2.05, 4.69) is 15.4 Å². The van der Waals surface area contributed by atoms with E-state index in [0.29, 0.717) is 5.56 Å². The molecule has 1 atom stereocenters. The highest BCUT2D eigenvalue weighted by atomic mass is 35.5.